The van der Waals surface area contributed by atoms with E-state index >= 15 is 0 Å². The first kappa shape index (κ1) is 13.9. The molecule has 5 heteroatoms. The second kappa shape index (κ2) is 5.72. The number of hydrogen-bond donors (Lipinski definition) is 0. The van der Waals surface area contributed by atoms with E-state index in [0.29, 0.717) is 15.6 Å². The second-order valence-electron chi connectivity index (χ2n) is 4.39. The van der Waals surface area contributed by atoms with Crippen molar-refractivity contribution in [2.75, 3.05) is 0 Å². The number of hydrogen-bond acceptors (Lipinski definition) is 3. The number of aliphatic imine (C=N–C) groups is 1. The lowest BCUT2D eigenvalue weighted by Gasteiger charge is -1.98. The van der Waals surface area contributed by atoms with Gasteiger partial charge in [-0.3, -0.25) is 0 Å². The van der Waals surface area contributed by atoms with Crippen LogP contribution in [0.2, 0.25) is 10.0 Å². The van der Waals surface area contributed by atoms with Crippen molar-refractivity contribution in [1.82, 2.24) is 0 Å². The van der Waals surface area contributed by atoms with Crippen LogP contribution < -0.4 is 0 Å². The van der Waals surface area contributed by atoms with Crippen LogP contribution in [0.4, 0.5) is 0 Å². The van der Waals surface area contributed by atoms with Gasteiger partial charge in [-0.05, 0) is 48.0 Å². The van der Waals surface area contributed by atoms with Gasteiger partial charge in [-0.15, -0.1) is 0 Å². The van der Waals surface area contributed by atoms with Gasteiger partial charge in [0.15, 0.2) is 5.70 Å². The quantitative estimate of drug-likeness (QED) is 0.610. The van der Waals surface area contributed by atoms with E-state index in [0.717, 1.165) is 5.56 Å². The van der Waals surface area contributed by atoms with E-state index in [4.69, 9.17) is 27.9 Å². The van der Waals surface area contributed by atoms with Crippen LogP contribution in [0.3, 0.4) is 0 Å². The molecule has 104 valence electrons. The van der Waals surface area contributed by atoms with Gasteiger partial charge in [-0.1, -0.05) is 35.3 Å². The Labute approximate surface area is 131 Å². The van der Waals surface area contributed by atoms with E-state index in [1.54, 1.807) is 54.6 Å². The summed E-state index contributed by atoms with van der Waals surface area (Å²) in [6, 6.07) is 14.0. The highest BCUT2D eigenvalue weighted by molar-refractivity contribution is 6.31. The molecule has 2 aromatic rings. The summed E-state index contributed by atoms with van der Waals surface area (Å²) in [4.78, 5) is 16.1. The Hall–Kier alpha value is -2.10. The molecule has 1 aliphatic heterocycles. The highest BCUT2D eigenvalue weighted by Gasteiger charge is 2.23. The molecule has 0 bridgehead atoms. The predicted octanol–water partition coefficient (Wildman–Crippen LogP) is 4.34. The molecule has 0 aliphatic carbocycles. The van der Waals surface area contributed by atoms with E-state index in [2.05, 4.69) is 4.99 Å². The van der Waals surface area contributed by atoms with E-state index in [9.17, 15) is 4.79 Å². The molecule has 0 saturated carbocycles. The lowest BCUT2D eigenvalue weighted by molar-refractivity contribution is -0.129. The predicted molar refractivity (Wildman–Crippen MR) is 83.5 cm³/mol. The van der Waals surface area contributed by atoms with Crippen LogP contribution in [-0.4, -0.2) is 11.9 Å². The number of nitrogens with zero attached hydrogens (tertiary/aromatic N) is 1. The Bertz CT molecular complexity index is 747. The molecular weight excluding hydrogens is 309 g/mol. The normalized spacial score (nSPS) is 16.0. The fourth-order valence-corrected chi connectivity index (χ4v) is 2.09. The lowest BCUT2D eigenvalue weighted by atomic mass is 10.2. The highest BCUT2D eigenvalue weighted by Crippen LogP contribution is 2.21. The first-order chi connectivity index (χ1) is 10.1. The van der Waals surface area contributed by atoms with Crippen molar-refractivity contribution in [3.63, 3.8) is 0 Å². The molecule has 0 fully saturated rings. The van der Waals surface area contributed by atoms with Crippen LogP contribution in [0.15, 0.2) is 59.2 Å². The fraction of sp³-hybridized carbons (Fsp3) is 0. The molecule has 3 nitrogen and oxygen atoms in total. The van der Waals surface area contributed by atoms with Gasteiger partial charge in [0.2, 0.25) is 5.90 Å². The molecule has 1 heterocycles. The summed E-state index contributed by atoms with van der Waals surface area (Å²) in [7, 11) is 0. The zero-order valence-electron chi connectivity index (χ0n) is 10.7. The molecule has 2 aromatic carbocycles. The van der Waals surface area contributed by atoms with Crippen LogP contribution in [0, 0.1) is 0 Å². The Morgan fingerprint density at radius 3 is 2.10 bits per heavy atom. The van der Waals surface area contributed by atoms with Crippen molar-refractivity contribution in [3.8, 4) is 0 Å². The SMILES string of the molecule is O=C1OC(c2ccc(Cl)cc2)=N/C1=C\c1ccc(Cl)cc1. The first-order valence-electron chi connectivity index (χ1n) is 6.16. The Morgan fingerprint density at radius 1 is 0.905 bits per heavy atom. The molecule has 21 heavy (non-hydrogen) atoms. The first-order valence-corrected chi connectivity index (χ1v) is 6.91. The number of esters is 1. The van der Waals surface area contributed by atoms with Crippen molar-refractivity contribution >= 4 is 41.1 Å². The molecule has 0 amide bonds. The number of halogens is 2. The summed E-state index contributed by atoms with van der Waals surface area (Å²) in [5.74, 6) is -0.202. The third-order valence-electron chi connectivity index (χ3n) is 2.89. The zero-order chi connectivity index (χ0) is 14.8. The number of carbonyl (C=O) groups excluding carboxylic acids is 1. The van der Waals surface area contributed by atoms with Crippen LogP contribution in [0.5, 0.6) is 0 Å². The largest absolute Gasteiger partial charge is 0.402 e. The summed E-state index contributed by atoms with van der Waals surface area (Å²) in [6.07, 6.45) is 1.65. The summed E-state index contributed by atoms with van der Waals surface area (Å²) >= 11 is 11.6. The molecule has 0 N–H and O–H groups in total. The van der Waals surface area contributed by atoms with Gasteiger partial charge >= 0.3 is 5.97 Å². The fourth-order valence-electron chi connectivity index (χ4n) is 1.84. The van der Waals surface area contributed by atoms with E-state index < -0.39 is 5.97 Å². The Morgan fingerprint density at radius 2 is 1.48 bits per heavy atom. The molecule has 0 spiro atoms. The van der Waals surface area contributed by atoms with Gasteiger partial charge in [0.05, 0.1) is 0 Å². The molecule has 0 atom stereocenters. The van der Waals surface area contributed by atoms with Crippen LogP contribution in [0.1, 0.15) is 11.1 Å². The molecule has 0 radical (unpaired) electrons. The Balaban J connectivity index is 1.91. The molecule has 3 rings (SSSR count). The van der Waals surface area contributed by atoms with E-state index in [-0.39, 0.29) is 11.6 Å². The second-order valence-corrected chi connectivity index (χ2v) is 5.27. The third-order valence-corrected chi connectivity index (χ3v) is 3.39. The average Bonchev–Trinajstić information content (AvgIpc) is 2.83. The molecule has 1 aliphatic rings. The van der Waals surface area contributed by atoms with Crippen molar-refractivity contribution in [2.45, 2.75) is 0 Å². The van der Waals surface area contributed by atoms with Gasteiger partial charge in [0, 0.05) is 15.6 Å². The minimum absolute atomic E-state index is 0.252. The zero-order valence-corrected chi connectivity index (χ0v) is 12.2. The summed E-state index contributed by atoms with van der Waals surface area (Å²) in [6.45, 7) is 0. The van der Waals surface area contributed by atoms with Crippen LogP contribution in [0.25, 0.3) is 6.08 Å². The molecule has 0 saturated heterocycles. The number of cyclic esters (lactones) is 1. The summed E-state index contributed by atoms with van der Waals surface area (Å²) in [5, 5.41) is 1.25. The van der Waals surface area contributed by atoms with Gasteiger partial charge in [-0.25, -0.2) is 9.79 Å². The maximum atomic E-state index is 11.8. The maximum Gasteiger partial charge on any atom is 0.363 e. The average molecular weight is 318 g/mol. The maximum absolute atomic E-state index is 11.8. The summed E-state index contributed by atoms with van der Waals surface area (Å²) in [5.41, 5.74) is 1.78. The number of carbonyl (C=O) groups is 1. The van der Waals surface area contributed by atoms with Crippen LogP contribution >= 0.6 is 23.2 Å². The van der Waals surface area contributed by atoms with Gasteiger partial charge < -0.3 is 4.74 Å². The standard InChI is InChI=1S/C16H9Cl2NO2/c17-12-5-1-10(2-6-12)9-14-16(20)21-15(19-14)11-3-7-13(18)8-4-11/h1-9H/b14-9-. The highest BCUT2D eigenvalue weighted by atomic mass is 35.5. The van der Waals surface area contributed by atoms with Gasteiger partial charge in [0.25, 0.3) is 0 Å². The van der Waals surface area contributed by atoms with Gasteiger partial charge in [0.1, 0.15) is 0 Å². The number of ether oxygens (including phenoxy) is 1. The van der Waals surface area contributed by atoms with E-state index in [1.807, 2.05) is 0 Å². The van der Waals surface area contributed by atoms with Crippen molar-refractivity contribution in [3.05, 3.63) is 75.4 Å². The molecule has 0 aromatic heterocycles. The number of benzene rings is 2. The molecular formula is C16H9Cl2NO2. The summed E-state index contributed by atoms with van der Waals surface area (Å²) < 4.78 is 5.17. The monoisotopic (exact) mass is 317 g/mol. The van der Waals surface area contributed by atoms with Crippen molar-refractivity contribution in [2.24, 2.45) is 4.99 Å². The van der Waals surface area contributed by atoms with Gasteiger partial charge in [-0.2, -0.15) is 0 Å². The topological polar surface area (TPSA) is 38.7 Å². The lowest BCUT2D eigenvalue weighted by Crippen LogP contribution is -2.05. The third kappa shape index (κ3) is 3.15. The smallest absolute Gasteiger partial charge is 0.363 e. The minimum atomic E-state index is -0.477. The van der Waals surface area contributed by atoms with Crippen molar-refractivity contribution in [1.29, 1.82) is 0 Å². The number of rotatable bonds is 2. The minimum Gasteiger partial charge on any atom is -0.402 e. The molecule has 0 unspecified atom stereocenters. The van der Waals surface area contributed by atoms with Crippen LogP contribution in [-0.2, 0) is 9.53 Å². The Kier molecular flexibility index (Phi) is 3.78. The van der Waals surface area contributed by atoms with Crippen molar-refractivity contribution < 1.29 is 9.53 Å². The van der Waals surface area contributed by atoms with E-state index in [1.165, 1.54) is 0 Å².